The van der Waals surface area contributed by atoms with E-state index in [0.717, 1.165) is 19.3 Å². The molecule has 2 N–H and O–H groups in total. The second kappa shape index (κ2) is 7.19. The Kier molecular flexibility index (Phi) is 5.89. The minimum Gasteiger partial charge on any atom is -0.352 e. The number of hydrogen-bond acceptors (Lipinski definition) is 2. The number of amides is 2. The van der Waals surface area contributed by atoms with Gasteiger partial charge < -0.3 is 10.6 Å². The lowest BCUT2D eigenvalue weighted by Gasteiger charge is -2.17. The number of hydrogen-bond donors (Lipinski definition) is 2. The van der Waals surface area contributed by atoms with Crippen LogP contribution in [0.3, 0.4) is 0 Å². The topological polar surface area (TPSA) is 58.2 Å². The Bertz CT molecular complexity index is 331. The van der Waals surface area contributed by atoms with Gasteiger partial charge >= 0.3 is 0 Å². The zero-order valence-corrected chi connectivity index (χ0v) is 11.6. The highest BCUT2D eigenvalue weighted by Crippen LogP contribution is 2.17. The van der Waals surface area contributed by atoms with Crippen molar-refractivity contribution >= 4 is 11.8 Å². The van der Waals surface area contributed by atoms with Crippen molar-refractivity contribution in [1.82, 2.24) is 10.6 Å². The third-order valence-corrected chi connectivity index (χ3v) is 3.31. The monoisotopic (exact) mass is 252 g/mol. The van der Waals surface area contributed by atoms with E-state index < -0.39 is 6.04 Å². The Morgan fingerprint density at radius 2 is 1.94 bits per heavy atom. The van der Waals surface area contributed by atoms with Gasteiger partial charge in [-0.05, 0) is 33.1 Å². The molecule has 1 saturated carbocycles. The highest BCUT2D eigenvalue weighted by molar-refractivity contribution is 5.96. The molecule has 0 aromatic heterocycles. The summed E-state index contributed by atoms with van der Waals surface area (Å²) < 4.78 is 0. The molecule has 4 heteroatoms. The predicted octanol–water partition coefficient (Wildman–Crippen LogP) is 1.91. The number of carbonyl (C=O) groups is 2. The smallest absolute Gasteiger partial charge is 0.247 e. The summed E-state index contributed by atoms with van der Waals surface area (Å²) in [7, 11) is 0. The molecule has 0 saturated heterocycles. The Morgan fingerprint density at radius 1 is 1.33 bits per heavy atom. The van der Waals surface area contributed by atoms with Gasteiger partial charge in [-0.1, -0.05) is 25.8 Å². The molecule has 102 valence electrons. The molecule has 0 spiro atoms. The van der Waals surface area contributed by atoms with Crippen LogP contribution < -0.4 is 10.6 Å². The lowest BCUT2D eigenvalue weighted by atomic mass is 10.2. The van der Waals surface area contributed by atoms with Crippen LogP contribution in [-0.2, 0) is 9.59 Å². The van der Waals surface area contributed by atoms with Crippen LogP contribution in [0, 0.1) is 0 Å². The van der Waals surface area contributed by atoms with E-state index >= 15 is 0 Å². The largest absolute Gasteiger partial charge is 0.352 e. The lowest BCUT2D eigenvalue weighted by Crippen LogP contribution is -2.47. The average Bonchev–Trinajstić information content (AvgIpc) is 2.81. The Morgan fingerprint density at radius 3 is 2.50 bits per heavy atom. The molecule has 1 aliphatic carbocycles. The Labute approximate surface area is 109 Å². The fraction of sp³-hybridized carbons (Fsp3) is 0.714. The molecule has 0 heterocycles. The number of nitrogens with one attached hydrogen (secondary N) is 2. The van der Waals surface area contributed by atoms with Gasteiger partial charge in [-0.2, -0.15) is 0 Å². The van der Waals surface area contributed by atoms with Crippen molar-refractivity contribution in [2.45, 2.75) is 65.0 Å². The molecule has 4 nitrogen and oxygen atoms in total. The highest BCUT2D eigenvalue weighted by Gasteiger charge is 2.21. The SMILES string of the molecule is CCC=C(C)C(=O)NC(C)C(=O)NC1CCCC1. The van der Waals surface area contributed by atoms with Gasteiger partial charge in [0.25, 0.3) is 0 Å². The van der Waals surface area contributed by atoms with Crippen LogP contribution in [0.2, 0.25) is 0 Å². The van der Waals surface area contributed by atoms with Crippen LogP contribution in [0.1, 0.15) is 52.9 Å². The van der Waals surface area contributed by atoms with Gasteiger partial charge in [-0.3, -0.25) is 9.59 Å². The maximum atomic E-state index is 11.9. The van der Waals surface area contributed by atoms with E-state index in [2.05, 4.69) is 10.6 Å². The van der Waals surface area contributed by atoms with Gasteiger partial charge in [0.1, 0.15) is 6.04 Å². The van der Waals surface area contributed by atoms with E-state index in [9.17, 15) is 9.59 Å². The summed E-state index contributed by atoms with van der Waals surface area (Å²) in [5, 5.41) is 5.70. The summed E-state index contributed by atoms with van der Waals surface area (Å²) in [6.45, 7) is 5.47. The van der Waals surface area contributed by atoms with Crippen molar-refractivity contribution in [2.24, 2.45) is 0 Å². The first kappa shape index (κ1) is 14.7. The third-order valence-electron chi connectivity index (χ3n) is 3.31. The van der Waals surface area contributed by atoms with E-state index in [0.29, 0.717) is 11.6 Å². The van der Waals surface area contributed by atoms with Gasteiger partial charge in [0.2, 0.25) is 11.8 Å². The van der Waals surface area contributed by atoms with Crippen LogP contribution in [0.15, 0.2) is 11.6 Å². The Hall–Kier alpha value is -1.32. The van der Waals surface area contributed by atoms with Crippen molar-refractivity contribution in [1.29, 1.82) is 0 Å². The first-order valence-corrected chi connectivity index (χ1v) is 6.82. The van der Waals surface area contributed by atoms with E-state index in [1.165, 1.54) is 12.8 Å². The zero-order chi connectivity index (χ0) is 13.5. The van der Waals surface area contributed by atoms with Crippen molar-refractivity contribution in [2.75, 3.05) is 0 Å². The van der Waals surface area contributed by atoms with Crippen LogP contribution in [0.25, 0.3) is 0 Å². The summed E-state index contributed by atoms with van der Waals surface area (Å²) in [6.07, 6.45) is 7.16. The van der Waals surface area contributed by atoms with Crippen LogP contribution in [-0.4, -0.2) is 23.9 Å². The molecule has 0 radical (unpaired) electrons. The number of allylic oxidation sites excluding steroid dienone is 1. The molecule has 1 aliphatic rings. The highest BCUT2D eigenvalue weighted by atomic mass is 16.2. The molecular weight excluding hydrogens is 228 g/mol. The number of carbonyl (C=O) groups excluding carboxylic acids is 2. The molecule has 1 rings (SSSR count). The van der Waals surface area contributed by atoms with E-state index in [-0.39, 0.29) is 11.8 Å². The van der Waals surface area contributed by atoms with Crippen LogP contribution in [0.4, 0.5) is 0 Å². The molecule has 18 heavy (non-hydrogen) atoms. The minimum atomic E-state index is -0.474. The molecule has 1 atom stereocenters. The van der Waals surface area contributed by atoms with Crippen molar-refractivity contribution < 1.29 is 9.59 Å². The van der Waals surface area contributed by atoms with Crippen LogP contribution in [0.5, 0.6) is 0 Å². The first-order chi connectivity index (χ1) is 8.54. The van der Waals surface area contributed by atoms with Crippen molar-refractivity contribution in [3.8, 4) is 0 Å². The summed E-state index contributed by atoms with van der Waals surface area (Å²) in [6, 6.07) is -0.178. The van der Waals surface area contributed by atoms with E-state index in [1.807, 2.05) is 13.0 Å². The molecule has 0 aromatic carbocycles. The zero-order valence-electron chi connectivity index (χ0n) is 11.6. The normalized spacial score (nSPS) is 18.5. The molecule has 1 fully saturated rings. The molecular formula is C14H24N2O2. The van der Waals surface area contributed by atoms with E-state index in [4.69, 9.17) is 0 Å². The van der Waals surface area contributed by atoms with Gasteiger partial charge in [-0.15, -0.1) is 0 Å². The van der Waals surface area contributed by atoms with Gasteiger partial charge in [0.15, 0.2) is 0 Å². The second-order valence-electron chi connectivity index (χ2n) is 4.98. The standard InChI is InChI=1S/C14H24N2O2/c1-4-7-10(2)13(17)15-11(3)14(18)16-12-8-5-6-9-12/h7,11-12H,4-6,8-9H2,1-3H3,(H,15,17)(H,16,18). The van der Waals surface area contributed by atoms with Gasteiger partial charge in [0, 0.05) is 11.6 Å². The molecule has 1 unspecified atom stereocenters. The Balaban J connectivity index is 2.39. The van der Waals surface area contributed by atoms with Crippen molar-refractivity contribution in [3.63, 3.8) is 0 Å². The minimum absolute atomic E-state index is 0.0838. The second-order valence-corrected chi connectivity index (χ2v) is 4.98. The quantitative estimate of drug-likeness (QED) is 0.734. The van der Waals surface area contributed by atoms with Gasteiger partial charge in [0.05, 0.1) is 0 Å². The van der Waals surface area contributed by atoms with Gasteiger partial charge in [-0.25, -0.2) is 0 Å². The lowest BCUT2D eigenvalue weighted by molar-refractivity contribution is -0.127. The first-order valence-electron chi connectivity index (χ1n) is 6.82. The summed E-state index contributed by atoms with van der Waals surface area (Å²) >= 11 is 0. The fourth-order valence-corrected chi connectivity index (χ4v) is 2.17. The molecule has 0 bridgehead atoms. The summed E-state index contributed by atoms with van der Waals surface area (Å²) in [4.78, 5) is 23.6. The summed E-state index contributed by atoms with van der Waals surface area (Å²) in [5.74, 6) is -0.245. The maximum Gasteiger partial charge on any atom is 0.247 e. The van der Waals surface area contributed by atoms with E-state index in [1.54, 1.807) is 13.8 Å². The molecule has 0 aromatic rings. The molecule has 0 aliphatic heterocycles. The summed E-state index contributed by atoms with van der Waals surface area (Å²) in [5.41, 5.74) is 0.665. The average molecular weight is 252 g/mol. The molecule has 2 amide bonds. The maximum absolute atomic E-state index is 11.9. The third kappa shape index (κ3) is 4.51. The fourth-order valence-electron chi connectivity index (χ4n) is 2.17. The van der Waals surface area contributed by atoms with Crippen LogP contribution >= 0.6 is 0 Å². The number of rotatable bonds is 5. The van der Waals surface area contributed by atoms with Crippen molar-refractivity contribution in [3.05, 3.63) is 11.6 Å². The predicted molar refractivity (Wildman–Crippen MR) is 72.1 cm³/mol.